The van der Waals surface area contributed by atoms with E-state index in [9.17, 15) is 32.2 Å². The van der Waals surface area contributed by atoms with Crippen molar-refractivity contribution >= 4 is 0 Å². The first-order valence-electron chi connectivity index (χ1n) is 14.0. The van der Waals surface area contributed by atoms with Gasteiger partial charge in [-0.15, -0.1) is 0 Å². The summed E-state index contributed by atoms with van der Waals surface area (Å²) in [6, 6.07) is 5.28. The lowest BCUT2D eigenvalue weighted by Gasteiger charge is -2.54. The highest BCUT2D eigenvalue weighted by molar-refractivity contribution is 5.41. The molecule has 1 aromatic carbocycles. The highest BCUT2D eigenvalue weighted by Crippen LogP contribution is 2.63. The highest BCUT2D eigenvalue weighted by atomic mass is 19.4. The molecule has 3 aliphatic carbocycles. The lowest BCUT2D eigenvalue weighted by molar-refractivity contribution is -0.284. The third-order valence-corrected chi connectivity index (χ3v) is 9.84. The van der Waals surface area contributed by atoms with Gasteiger partial charge in [-0.3, -0.25) is 0 Å². The molecule has 0 saturated heterocycles. The van der Waals surface area contributed by atoms with Crippen molar-refractivity contribution in [3.8, 4) is 5.75 Å². The van der Waals surface area contributed by atoms with Gasteiger partial charge in [-0.2, -0.15) is 22.0 Å². The molecular weight excluding hydrogens is 508 g/mol. The smallest absolute Gasteiger partial charge is 0.453 e. The van der Waals surface area contributed by atoms with Crippen LogP contribution in [-0.2, 0) is 6.42 Å². The fraction of sp³-hybridized carbons (Fsp3) is 0.793. The lowest BCUT2D eigenvalue weighted by Crippen LogP contribution is -2.51. The first-order chi connectivity index (χ1) is 17.7. The number of aliphatic hydroxyl groups is 1. The molecular formula is C29H41F6NO2. The largest absolute Gasteiger partial charge is 0.508 e. The average Bonchev–Trinajstić information content (AvgIpc) is 3.11. The maximum absolute atomic E-state index is 15.8. The van der Waals surface area contributed by atoms with Crippen molar-refractivity contribution in [3.05, 3.63) is 29.3 Å². The number of rotatable bonds is 10. The van der Waals surface area contributed by atoms with Crippen molar-refractivity contribution < 1.29 is 36.6 Å². The topological polar surface area (TPSA) is 43.7 Å². The Morgan fingerprint density at radius 3 is 2.45 bits per heavy atom. The quantitative estimate of drug-likeness (QED) is 0.239. The van der Waals surface area contributed by atoms with Crippen molar-refractivity contribution in [1.29, 1.82) is 0 Å². The van der Waals surface area contributed by atoms with Crippen LogP contribution >= 0.6 is 0 Å². The van der Waals surface area contributed by atoms with Crippen LogP contribution in [0.2, 0.25) is 0 Å². The molecule has 9 heteroatoms. The van der Waals surface area contributed by atoms with Gasteiger partial charge < -0.3 is 15.1 Å². The lowest BCUT2D eigenvalue weighted by atomic mass is 9.51. The van der Waals surface area contributed by atoms with Crippen LogP contribution in [0.1, 0.15) is 81.8 Å². The number of hydrogen-bond donors (Lipinski definition) is 2. The molecule has 1 aromatic rings. The summed E-state index contributed by atoms with van der Waals surface area (Å²) in [7, 11) is 1.73. The van der Waals surface area contributed by atoms with Gasteiger partial charge in [0.1, 0.15) is 11.9 Å². The van der Waals surface area contributed by atoms with E-state index < -0.39 is 36.2 Å². The molecule has 0 bridgehead atoms. The summed E-state index contributed by atoms with van der Waals surface area (Å²) in [5.74, 6) is -4.06. The summed E-state index contributed by atoms with van der Waals surface area (Å²) >= 11 is 0. The minimum absolute atomic E-state index is 0.135. The van der Waals surface area contributed by atoms with Gasteiger partial charge in [0.2, 0.25) is 0 Å². The Balaban J connectivity index is 1.33. The zero-order chi connectivity index (χ0) is 27.9. The van der Waals surface area contributed by atoms with Gasteiger partial charge in [0.15, 0.2) is 0 Å². The Bertz CT molecular complexity index is 955. The van der Waals surface area contributed by atoms with Crippen LogP contribution in [0, 0.1) is 23.2 Å². The molecule has 216 valence electrons. The molecule has 5 unspecified atom stereocenters. The van der Waals surface area contributed by atoms with Gasteiger partial charge in [-0.1, -0.05) is 25.8 Å². The maximum atomic E-state index is 15.8. The zero-order valence-corrected chi connectivity index (χ0v) is 22.3. The van der Waals surface area contributed by atoms with E-state index in [-0.39, 0.29) is 42.4 Å². The Kier molecular flexibility index (Phi) is 8.68. The minimum Gasteiger partial charge on any atom is -0.508 e. The molecule has 0 amide bonds. The monoisotopic (exact) mass is 549 g/mol. The summed E-state index contributed by atoms with van der Waals surface area (Å²) in [6.45, 7) is 2.84. The van der Waals surface area contributed by atoms with E-state index in [0.29, 0.717) is 19.4 Å². The summed E-state index contributed by atoms with van der Waals surface area (Å²) in [6.07, 6.45) is -2.25. The van der Waals surface area contributed by atoms with Crippen LogP contribution in [-0.4, -0.2) is 59.6 Å². The first kappa shape index (κ1) is 29.5. The van der Waals surface area contributed by atoms with Crippen LogP contribution in [0.3, 0.4) is 0 Å². The molecule has 3 nitrogen and oxygen atoms in total. The Morgan fingerprint density at radius 2 is 1.74 bits per heavy atom. The molecule has 0 aromatic heterocycles. The molecule has 0 spiro atoms. The summed E-state index contributed by atoms with van der Waals surface area (Å²) in [4.78, 5) is 1.79. The van der Waals surface area contributed by atoms with Gasteiger partial charge in [0.05, 0.1) is 6.10 Å². The van der Waals surface area contributed by atoms with Crippen molar-refractivity contribution in [3.63, 3.8) is 0 Å². The van der Waals surface area contributed by atoms with Crippen LogP contribution < -0.4 is 0 Å². The number of aromatic hydroxyl groups is 1. The molecule has 2 saturated carbocycles. The second kappa shape index (κ2) is 11.2. The van der Waals surface area contributed by atoms with Crippen molar-refractivity contribution in [2.45, 2.75) is 101 Å². The van der Waals surface area contributed by atoms with Gasteiger partial charge in [0, 0.05) is 12.3 Å². The number of alkyl halides is 6. The number of benzene rings is 1. The number of fused-ring (bicyclic) bond motifs is 5. The second-order valence-corrected chi connectivity index (χ2v) is 12.3. The number of phenols is 1. The third-order valence-electron chi connectivity index (χ3n) is 9.84. The van der Waals surface area contributed by atoms with E-state index in [0.717, 1.165) is 49.7 Å². The predicted octanol–water partition coefficient (Wildman–Crippen LogP) is 7.25. The number of hydrogen-bond acceptors (Lipinski definition) is 3. The van der Waals surface area contributed by atoms with Crippen LogP contribution in [0.25, 0.3) is 0 Å². The molecule has 38 heavy (non-hydrogen) atoms. The van der Waals surface area contributed by atoms with Crippen LogP contribution in [0.5, 0.6) is 5.75 Å². The van der Waals surface area contributed by atoms with Gasteiger partial charge in [-0.05, 0) is 112 Å². The molecule has 2 fully saturated rings. The maximum Gasteiger partial charge on any atom is 0.453 e. The summed E-state index contributed by atoms with van der Waals surface area (Å²) in [5, 5.41) is 20.8. The average molecular weight is 550 g/mol. The van der Waals surface area contributed by atoms with Gasteiger partial charge >= 0.3 is 12.1 Å². The normalized spacial score (nSPS) is 33.2. The van der Waals surface area contributed by atoms with Crippen LogP contribution in [0.15, 0.2) is 18.2 Å². The van der Waals surface area contributed by atoms with Gasteiger partial charge in [0.25, 0.3) is 0 Å². The Hall–Kier alpha value is -1.48. The predicted molar refractivity (Wildman–Crippen MR) is 134 cm³/mol. The molecule has 7 atom stereocenters. The Labute approximate surface area is 221 Å². The van der Waals surface area contributed by atoms with Crippen molar-refractivity contribution in [2.75, 3.05) is 20.1 Å². The first-order valence-corrected chi connectivity index (χ1v) is 14.0. The van der Waals surface area contributed by atoms with E-state index in [2.05, 4.69) is 0 Å². The number of unbranched alkanes of at least 4 members (excludes halogenated alkanes) is 2. The number of phenolic OH excluding ortho intramolecular Hbond substituents is 1. The molecule has 0 heterocycles. The second-order valence-electron chi connectivity index (χ2n) is 12.3. The van der Waals surface area contributed by atoms with E-state index in [1.54, 1.807) is 24.1 Å². The third kappa shape index (κ3) is 5.84. The molecule has 4 rings (SSSR count). The van der Waals surface area contributed by atoms with Crippen molar-refractivity contribution in [2.24, 2.45) is 23.2 Å². The zero-order valence-electron chi connectivity index (χ0n) is 22.3. The summed E-state index contributed by atoms with van der Waals surface area (Å²) < 4.78 is 79.0. The standard InChI is InChI=1S/C29H41F6NO2/c1-27-17-23(30)26-21-9-8-20(37)16-19(21)15-18(25(26)22(27)10-11-24(27)38)7-4-3-5-13-36(2)14-6-12-28(31,32)29(33,34)35/h8-9,16,18,22-26,37-38H,3-7,10-15,17H2,1-2H3/t18?,22?,23-,24-,25?,26?,27?/m0/s1. The SMILES string of the molecule is CN(CCCCCC1Cc2cc(O)ccc2C2C1C1CC[C@H](O)C1(C)C[C@@H]2F)CCCC(F)(F)C(F)(F)F. The fourth-order valence-electron chi connectivity index (χ4n) is 7.82. The molecule has 3 aliphatic rings. The Morgan fingerprint density at radius 1 is 1.03 bits per heavy atom. The van der Waals surface area contributed by atoms with E-state index in [1.807, 2.05) is 13.0 Å². The summed E-state index contributed by atoms with van der Waals surface area (Å²) in [5.41, 5.74) is 1.59. The minimum atomic E-state index is -5.50. The number of nitrogens with zero attached hydrogens (tertiary/aromatic N) is 1. The molecule has 0 aliphatic heterocycles. The van der Waals surface area contributed by atoms with Crippen LogP contribution in [0.4, 0.5) is 26.3 Å². The molecule has 2 N–H and O–H groups in total. The number of halogens is 6. The fourth-order valence-corrected chi connectivity index (χ4v) is 7.82. The molecule has 0 radical (unpaired) electrons. The van der Waals surface area contributed by atoms with Crippen molar-refractivity contribution in [1.82, 2.24) is 4.90 Å². The number of aliphatic hydroxyl groups excluding tert-OH is 1. The van der Waals surface area contributed by atoms with E-state index in [1.165, 1.54) is 0 Å². The van der Waals surface area contributed by atoms with E-state index >= 15 is 4.39 Å². The highest BCUT2D eigenvalue weighted by Gasteiger charge is 2.60. The van der Waals surface area contributed by atoms with E-state index in [4.69, 9.17) is 0 Å². The van der Waals surface area contributed by atoms with Gasteiger partial charge in [-0.25, -0.2) is 4.39 Å².